The van der Waals surface area contributed by atoms with E-state index in [1.54, 1.807) is 0 Å². The molecule has 0 fully saturated rings. The molecule has 0 bridgehead atoms. The number of hydrogen-bond donors (Lipinski definition) is 1. The average Bonchev–Trinajstić information content (AvgIpc) is 2.15. The van der Waals surface area contributed by atoms with Gasteiger partial charge in [0.1, 0.15) is 0 Å². The van der Waals surface area contributed by atoms with E-state index < -0.39 is 34.5 Å². The maximum absolute atomic E-state index is 12.3. The molecule has 0 aromatic carbocycles. The lowest BCUT2D eigenvalue weighted by molar-refractivity contribution is -0.389. The topological polar surface area (TPSA) is 76.3 Å². The van der Waals surface area contributed by atoms with Crippen molar-refractivity contribution in [3.8, 4) is 0 Å². The Morgan fingerprint density at radius 3 is 2.47 bits per heavy atom. The zero-order chi connectivity index (χ0) is 11.6. The zero-order valence-corrected chi connectivity index (χ0v) is 7.15. The minimum atomic E-state index is -4.86. The van der Waals surface area contributed by atoms with Crippen LogP contribution in [0.2, 0.25) is 0 Å². The first-order valence-electron chi connectivity index (χ1n) is 3.67. The number of hydrogen-bond acceptors (Lipinski definition) is 4. The molecule has 1 rings (SSSR count). The van der Waals surface area contributed by atoms with Crippen LogP contribution in [0, 0.1) is 10.1 Å². The van der Waals surface area contributed by atoms with Gasteiger partial charge in [-0.3, -0.25) is 15.1 Å². The second-order valence-electron chi connectivity index (χ2n) is 2.61. The maximum Gasteiger partial charge on any atom is 0.424 e. The second kappa shape index (κ2) is 3.81. The van der Waals surface area contributed by atoms with Gasteiger partial charge in [-0.25, -0.2) is 0 Å². The quantitative estimate of drug-likeness (QED) is 0.607. The molecular formula is C7H5F3N2O3. The summed E-state index contributed by atoms with van der Waals surface area (Å²) in [4.78, 5) is 12.4. The van der Waals surface area contributed by atoms with E-state index in [0.717, 1.165) is 6.20 Å². The maximum atomic E-state index is 12.3. The fourth-order valence-electron chi connectivity index (χ4n) is 1.04. The third-order valence-electron chi connectivity index (χ3n) is 1.65. The molecule has 1 N–H and O–H groups in total. The third kappa shape index (κ3) is 2.21. The summed E-state index contributed by atoms with van der Waals surface area (Å²) in [5.74, 6) is 0. The molecular weight excluding hydrogens is 217 g/mol. The molecule has 0 spiro atoms. The molecule has 0 saturated heterocycles. The van der Waals surface area contributed by atoms with Gasteiger partial charge < -0.3 is 5.11 Å². The van der Waals surface area contributed by atoms with Crippen LogP contribution in [0.3, 0.4) is 0 Å². The number of halogens is 3. The van der Waals surface area contributed by atoms with Crippen molar-refractivity contribution < 1.29 is 23.2 Å². The first-order chi connectivity index (χ1) is 6.88. The molecule has 0 aliphatic heterocycles. The van der Waals surface area contributed by atoms with Gasteiger partial charge >= 0.3 is 6.18 Å². The van der Waals surface area contributed by atoms with Crippen LogP contribution in [0.5, 0.6) is 0 Å². The predicted octanol–water partition coefficient (Wildman–Crippen LogP) is 1.50. The SMILES string of the molecule is O=[N+]([O-])c1c(CO)cncc1C(F)(F)F. The Hall–Kier alpha value is -1.70. The van der Waals surface area contributed by atoms with E-state index in [4.69, 9.17) is 5.11 Å². The van der Waals surface area contributed by atoms with Gasteiger partial charge in [-0.2, -0.15) is 13.2 Å². The van der Waals surface area contributed by atoms with Crippen LogP contribution in [-0.4, -0.2) is 15.0 Å². The van der Waals surface area contributed by atoms with Gasteiger partial charge in [-0.1, -0.05) is 0 Å². The van der Waals surface area contributed by atoms with E-state index in [2.05, 4.69) is 4.98 Å². The largest absolute Gasteiger partial charge is 0.424 e. The summed E-state index contributed by atoms with van der Waals surface area (Å²) in [6.07, 6.45) is -3.68. The van der Waals surface area contributed by atoms with Gasteiger partial charge in [-0.15, -0.1) is 0 Å². The minimum absolute atomic E-state index is 0.358. The fourth-order valence-corrected chi connectivity index (χ4v) is 1.04. The van der Waals surface area contributed by atoms with Crippen LogP contribution in [0.15, 0.2) is 12.4 Å². The lowest BCUT2D eigenvalue weighted by Gasteiger charge is -2.08. The van der Waals surface area contributed by atoms with Crippen molar-refractivity contribution in [1.29, 1.82) is 0 Å². The van der Waals surface area contributed by atoms with E-state index >= 15 is 0 Å². The Kier molecular flexibility index (Phi) is 2.89. The number of nitro groups is 1. The summed E-state index contributed by atoms with van der Waals surface area (Å²) < 4.78 is 36.9. The van der Waals surface area contributed by atoms with Crippen molar-refractivity contribution in [1.82, 2.24) is 4.98 Å². The Balaban J connectivity index is 3.46. The van der Waals surface area contributed by atoms with Crippen LogP contribution >= 0.6 is 0 Å². The summed E-state index contributed by atoms with van der Waals surface area (Å²) in [6.45, 7) is -0.868. The molecule has 0 amide bonds. The molecule has 0 aliphatic carbocycles. The van der Waals surface area contributed by atoms with Crippen LogP contribution in [0.1, 0.15) is 11.1 Å². The lowest BCUT2D eigenvalue weighted by Crippen LogP contribution is -2.11. The Morgan fingerprint density at radius 1 is 1.47 bits per heavy atom. The Bertz CT molecular complexity index is 392. The summed E-state index contributed by atoms with van der Waals surface area (Å²) in [7, 11) is 0. The molecule has 5 nitrogen and oxygen atoms in total. The number of aliphatic hydroxyl groups excluding tert-OH is 1. The Morgan fingerprint density at radius 2 is 2.07 bits per heavy atom. The molecule has 1 aromatic heterocycles. The van der Waals surface area contributed by atoms with Crippen LogP contribution in [0.4, 0.5) is 18.9 Å². The Labute approximate surface area is 81.3 Å². The highest BCUT2D eigenvalue weighted by Gasteiger charge is 2.40. The number of pyridine rings is 1. The smallest absolute Gasteiger partial charge is 0.391 e. The third-order valence-corrected chi connectivity index (χ3v) is 1.65. The number of aliphatic hydroxyl groups is 1. The van der Waals surface area contributed by atoms with Crippen molar-refractivity contribution in [2.75, 3.05) is 0 Å². The molecule has 0 radical (unpaired) electrons. The second-order valence-corrected chi connectivity index (χ2v) is 2.61. The summed E-state index contributed by atoms with van der Waals surface area (Å²) in [6, 6.07) is 0. The monoisotopic (exact) mass is 222 g/mol. The van der Waals surface area contributed by atoms with Gasteiger partial charge in [0.25, 0.3) is 5.69 Å². The lowest BCUT2D eigenvalue weighted by atomic mass is 10.1. The molecule has 1 heterocycles. The normalized spacial score (nSPS) is 11.5. The van der Waals surface area contributed by atoms with Gasteiger partial charge in [0.15, 0.2) is 5.56 Å². The first-order valence-corrected chi connectivity index (χ1v) is 3.67. The van der Waals surface area contributed by atoms with E-state index in [1.807, 2.05) is 0 Å². The minimum Gasteiger partial charge on any atom is -0.391 e. The van der Waals surface area contributed by atoms with Crippen LogP contribution in [-0.2, 0) is 12.8 Å². The van der Waals surface area contributed by atoms with E-state index in [0.29, 0.717) is 6.20 Å². The van der Waals surface area contributed by atoms with E-state index in [9.17, 15) is 23.3 Å². The molecule has 82 valence electrons. The molecule has 0 unspecified atom stereocenters. The summed E-state index contributed by atoms with van der Waals surface area (Å²) in [5.41, 5.74) is -3.08. The standard InChI is InChI=1S/C7H5F3N2O3/c8-7(9,10)5-2-11-1-4(3-13)6(5)12(14)15/h1-2,13H,3H2. The van der Waals surface area contributed by atoms with Crippen molar-refractivity contribution in [3.63, 3.8) is 0 Å². The predicted molar refractivity (Wildman–Crippen MR) is 41.8 cm³/mol. The molecule has 15 heavy (non-hydrogen) atoms. The van der Waals surface area contributed by atoms with Crippen LogP contribution < -0.4 is 0 Å². The van der Waals surface area contributed by atoms with Crippen molar-refractivity contribution in [2.24, 2.45) is 0 Å². The van der Waals surface area contributed by atoms with E-state index in [1.165, 1.54) is 0 Å². The van der Waals surface area contributed by atoms with E-state index in [-0.39, 0.29) is 0 Å². The highest BCUT2D eigenvalue weighted by atomic mass is 19.4. The van der Waals surface area contributed by atoms with Gasteiger partial charge in [0.2, 0.25) is 0 Å². The van der Waals surface area contributed by atoms with Gasteiger partial charge in [0.05, 0.1) is 17.1 Å². The number of nitrogens with zero attached hydrogens (tertiary/aromatic N) is 2. The molecule has 1 aromatic rings. The van der Waals surface area contributed by atoms with Crippen molar-refractivity contribution >= 4 is 5.69 Å². The van der Waals surface area contributed by atoms with Gasteiger partial charge in [-0.05, 0) is 0 Å². The average molecular weight is 222 g/mol. The molecule has 0 saturated carbocycles. The highest BCUT2D eigenvalue weighted by molar-refractivity contribution is 5.46. The number of rotatable bonds is 2. The number of aromatic nitrogens is 1. The van der Waals surface area contributed by atoms with Crippen LogP contribution in [0.25, 0.3) is 0 Å². The van der Waals surface area contributed by atoms with Gasteiger partial charge in [0, 0.05) is 12.4 Å². The number of alkyl halides is 3. The highest BCUT2D eigenvalue weighted by Crippen LogP contribution is 2.36. The van der Waals surface area contributed by atoms with Crippen molar-refractivity contribution in [2.45, 2.75) is 12.8 Å². The molecule has 0 atom stereocenters. The summed E-state index contributed by atoms with van der Waals surface area (Å²) >= 11 is 0. The zero-order valence-electron chi connectivity index (χ0n) is 7.15. The molecule has 8 heteroatoms. The van der Waals surface area contributed by atoms with Crippen molar-refractivity contribution in [3.05, 3.63) is 33.6 Å². The fraction of sp³-hybridized carbons (Fsp3) is 0.286. The summed E-state index contributed by atoms with van der Waals surface area (Å²) in [5, 5.41) is 19.1. The molecule has 0 aliphatic rings. The first kappa shape index (κ1) is 11.4.